The molecule has 1 N–H and O–H groups in total. The average Bonchev–Trinajstić information content (AvgIpc) is 3.22. The van der Waals surface area contributed by atoms with Crippen LogP contribution in [-0.2, 0) is 6.54 Å². The third-order valence-electron chi connectivity index (χ3n) is 4.91. The molecule has 1 aliphatic heterocycles. The lowest BCUT2D eigenvalue weighted by Crippen LogP contribution is -2.30. The Bertz CT molecular complexity index is 849. The van der Waals surface area contributed by atoms with E-state index in [1.165, 1.54) is 12.1 Å². The Hall–Kier alpha value is -2.24. The molecule has 2 heterocycles. The van der Waals surface area contributed by atoms with E-state index < -0.39 is 6.10 Å². The number of likely N-dealkylation sites (tertiary alicyclic amines) is 1. The highest BCUT2D eigenvalue weighted by molar-refractivity contribution is 5.72. The van der Waals surface area contributed by atoms with Crippen LogP contribution in [0.1, 0.15) is 36.8 Å². The predicted octanol–water partition coefficient (Wildman–Crippen LogP) is 4.06. The van der Waals surface area contributed by atoms with Crippen LogP contribution in [0.2, 0.25) is 0 Å². The van der Waals surface area contributed by atoms with Crippen molar-refractivity contribution in [2.45, 2.75) is 38.0 Å². The summed E-state index contributed by atoms with van der Waals surface area (Å²) in [5.74, 6) is 0.291. The summed E-state index contributed by atoms with van der Waals surface area (Å²) in [5.41, 5.74) is 2.11. The van der Waals surface area contributed by atoms with Crippen molar-refractivity contribution in [3.8, 4) is 0 Å². The molecule has 0 aliphatic carbocycles. The summed E-state index contributed by atoms with van der Waals surface area (Å²) in [6.45, 7) is 1.54. The maximum atomic E-state index is 13.3. The quantitative estimate of drug-likeness (QED) is 0.761. The summed E-state index contributed by atoms with van der Waals surface area (Å²) >= 11 is 0. The van der Waals surface area contributed by atoms with Gasteiger partial charge in [-0.05, 0) is 43.5 Å². The first kappa shape index (κ1) is 16.2. The van der Waals surface area contributed by atoms with Gasteiger partial charge in [0.05, 0.1) is 12.6 Å². The Morgan fingerprint density at radius 2 is 2.08 bits per heavy atom. The van der Waals surface area contributed by atoms with Crippen molar-refractivity contribution in [2.75, 3.05) is 6.54 Å². The van der Waals surface area contributed by atoms with Gasteiger partial charge < -0.3 is 9.52 Å². The fourth-order valence-corrected chi connectivity index (χ4v) is 3.63. The molecule has 130 valence electrons. The van der Waals surface area contributed by atoms with Crippen LogP contribution in [-0.4, -0.2) is 27.6 Å². The molecule has 0 bridgehead atoms. The van der Waals surface area contributed by atoms with E-state index in [1.54, 1.807) is 6.07 Å². The molecule has 0 amide bonds. The molecular weight excluding hydrogens is 319 g/mol. The monoisotopic (exact) mass is 340 g/mol. The molecule has 2 atom stereocenters. The van der Waals surface area contributed by atoms with Gasteiger partial charge in [0.1, 0.15) is 11.3 Å². The Labute approximate surface area is 145 Å². The highest BCUT2D eigenvalue weighted by Gasteiger charge is 2.28. The molecule has 5 heteroatoms. The normalized spacial score (nSPS) is 19.5. The smallest absolute Gasteiger partial charge is 0.209 e. The van der Waals surface area contributed by atoms with Crippen molar-refractivity contribution in [3.05, 3.63) is 65.8 Å². The molecule has 1 aliphatic rings. The number of benzene rings is 2. The zero-order chi connectivity index (χ0) is 17.2. The molecule has 4 nitrogen and oxygen atoms in total. The number of aliphatic hydroxyl groups excluding tert-OH is 1. The molecule has 3 aromatic rings. The number of halogens is 1. The second-order valence-corrected chi connectivity index (χ2v) is 6.65. The summed E-state index contributed by atoms with van der Waals surface area (Å²) in [6, 6.07) is 14.4. The molecule has 1 saturated heterocycles. The third kappa shape index (κ3) is 3.57. The van der Waals surface area contributed by atoms with Gasteiger partial charge in [-0.3, -0.25) is 4.90 Å². The third-order valence-corrected chi connectivity index (χ3v) is 4.91. The molecular formula is C20H21FN2O2. The zero-order valence-corrected chi connectivity index (χ0v) is 13.9. The molecule has 0 spiro atoms. The summed E-state index contributed by atoms with van der Waals surface area (Å²) in [6.07, 6.45) is 2.38. The van der Waals surface area contributed by atoms with Crippen molar-refractivity contribution in [1.29, 1.82) is 0 Å². The number of rotatable bonds is 5. The first-order valence-corrected chi connectivity index (χ1v) is 8.71. The van der Waals surface area contributed by atoms with E-state index in [0.717, 1.165) is 24.9 Å². The number of oxazole rings is 1. The number of aliphatic hydroxyl groups is 1. The maximum absolute atomic E-state index is 13.3. The average molecular weight is 340 g/mol. The van der Waals surface area contributed by atoms with Crippen LogP contribution in [0.5, 0.6) is 0 Å². The minimum atomic E-state index is -0.468. The second-order valence-electron chi connectivity index (χ2n) is 6.65. The molecule has 4 rings (SSSR count). The highest BCUT2D eigenvalue weighted by atomic mass is 19.1. The lowest BCUT2D eigenvalue weighted by Gasteiger charge is -2.25. The first-order chi connectivity index (χ1) is 12.2. The second kappa shape index (κ2) is 6.94. The Kier molecular flexibility index (Phi) is 4.51. The minimum absolute atomic E-state index is 0.293. The Balaban J connectivity index is 1.45. The van der Waals surface area contributed by atoms with Gasteiger partial charge in [-0.25, -0.2) is 9.37 Å². The van der Waals surface area contributed by atoms with Crippen LogP contribution < -0.4 is 0 Å². The van der Waals surface area contributed by atoms with Gasteiger partial charge in [-0.15, -0.1) is 0 Å². The van der Waals surface area contributed by atoms with E-state index in [4.69, 9.17) is 4.42 Å². The van der Waals surface area contributed by atoms with E-state index in [9.17, 15) is 9.50 Å². The molecule has 0 radical (unpaired) electrons. The Morgan fingerprint density at radius 3 is 2.92 bits per heavy atom. The van der Waals surface area contributed by atoms with Gasteiger partial charge in [-0.2, -0.15) is 0 Å². The van der Waals surface area contributed by atoms with Gasteiger partial charge in [0.2, 0.25) is 5.89 Å². The van der Waals surface area contributed by atoms with E-state index in [2.05, 4.69) is 9.88 Å². The first-order valence-electron chi connectivity index (χ1n) is 8.71. The van der Waals surface area contributed by atoms with E-state index >= 15 is 0 Å². The lowest BCUT2D eigenvalue weighted by molar-refractivity contribution is 0.114. The molecule has 2 unspecified atom stereocenters. The fourth-order valence-electron chi connectivity index (χ4n) is 3.63. The summed E-state index contributed by atoms with van der Waals surface area (Å²) in [7, 11) is 0. The van der Waals surface area contributed by atoms with Crippen LogP contribution in [0.25, 0.3) is 11.1 Å². The van der Waals surface area contributed by atoms with Gasteiger partial charge in [0.25, 0.3) is 0 Å². The number of hydrogen-bond donors (Lipinski definition) is 1. The van der Waals surface area contributed by atoms with E-state index in [0.29, 0.717) is 36.0 Å². The molecule has 25 heavy (non-hydrogen) atoms. The fraction of sp³-hybridized carbons (Fsp3) is 0.350. The Morgan fingerprint density at radius 1 is 1.24 bits per heavy atom. The lowest BCUT2D eigenvalue weighted by atomic mass is 10.0. The van der Waals surface area contributed by atoms with Gasteiger partial charge in [-0.1, -0.05) is 30.3 Å². The molecule has 2 aromatic carbocycles. The van der Waals surface area contributed by atoms with Gasteiger partial charge in [0.15, 0.2) is 5.58 Å². The largest absolute Gasteiger partial charge is 0.439 e. The number of nitrogens with zero attached hydrogens (tertiary/aromatic N) is 2. The predicted molar refractivity (Wildman–Crippen MR) is 93.4 cm³/mol. The van der Waals surface area contributed by atoms with E-state index in [-0.39, 0.29) is 5.82 Å². The number of aromatic nitrogens is 1. The van der Waals surface area contributed by atoms with Gasteiger partial charge >= 0.3 is 0 Å². The summed E-state index contributed by atoms with van der Waals surface area (Å²) in [5, 5.41) is 10.5. The molecule has 1 fully saturated rings. The van der Waals surface area contributed by atoms with Crippen molar-refractivity contribution in [2.24, 2.45) is 0 Å². The van der Waals surface area contributed by atoms with Crippen molar-refractivity contribution in [3.63, 3.8) is 0 Å². The zero-order valence-electron chi connectivity index (χ0n) is 13.9. The highest BCUT2D eigenvalue weighted by Crippen LogP contribution is 2.29. The van der Waals surface area contributed by atoms with Crippen LogP contribution in [0.3, 0.4) is 0 Å². The van der Waals surface area contributed by atoms with Gasteiger partial charge in [0, 0.05) is 12.1 Å². The minimum Gasteiger partial charge on any atom is -0.439 e. The van der Waals surface area contributed by atoms with Crippen molar-refractivity contribution >= 4 is 11.1 Å². The SMILES string of the molecule is OC(CC1CCCN1Cc1nc2cc(F)ccc2o1)c1ccccc1. The summed E-state index contributed by atoms with van der Waals surface area (Å²) < 4.78 is 19.0. The van der Waals surface area contributed by atoms with Crippen LogP contribution in [0.15, 0.2) is 52.9 Å². The van der Waals surface area contributed by atoms with E-state index in [1.807, 2.05) is 30.3 Å². The van der Waals surface area contributed by atoms with Crippen molar-refractivity contribution in [1.82, 2.24) is 9.88 Å². The number of hydrogen-bond acceptors (Lipinski definition) is 4. The maximum Gasteiger partial charge on any atom is 0.209 e. The van der Waals surface area contributed by atoms with Crippen LogP contribution >= 0.6 is 0 Å². The standard InChI is InChI=1S/C20H21FN2O2/c21-15-8-9-19-17(11-15)22-20(25-19)13-23-10-4-7-16(23)12-18(24)14-5-2-1-3-6-14/h1-3,5-6,8-9,11,16,18,24H,4,7,10,12-13H2. The van der Waals surface area contributed by atoms with Crippen LogP contribution in [0.4, 0.5) is 4.39 Å². The topological polar surface area (TPSA) is 49.5 Å². The van der Waals surface area contributed by atoms with Crippen LogP contribution in [0, 0.1) is 5.82 Å². The number of fused-ring (bicyclic) bond motifs is 1. The molecule has 0 saturated carbocycles. The summed E-state index contributed by atoms with van der Waals surface area (Å²) in [4.78, 5) is 6.70. The molecule has 1 aromatic heterocycles. The van der Waals surface area contributed by atoms with Crippen molar-refractivity contribution < 1.29 is 13.9 Å².